The van der Waals surface area contributed by atoms with Gasteiger partial charge in [0.1, 0.15) is 17.2 Å². The molecule has 1 amide bonds. The van der Waals surface area contributed by atoms with Gasteiger partial charge in [-0.2, -0.15) is 0 Å². The molecule has 0 aromatic heterocycles. The zero-order valence-corrected chi connectivity index (χ0v) is 28.7. The highest BCUT2D eigenvalue weighted by molar-refractivity contribution is 9.10. The number of hydrogen-bond acceptors (Lipinski definition) is 9. The summed E-state index contributed by atoms with van der Waals surface area (Å²) in [6.07, 6.45) is 0.256. The van der Waals surface area contributed by atoms with Crippen molar-refractivity contribution in [3.63, 3.8) is 0 Å². The predicted molar refractivity (Wildman–Crippen MR) is 189 cm³/mol. The van der Waals surface area contributed by atoms with E-state index in [1.165, 1.54) is 0 Å². The standard InChI is InChI=1S/C36H37BrN6O6/c1-46-30-16-17-32(47-2)26(22-30)18-19-39-42-35(45)36(23-27-6-3-4-7-31(27)41-43-38)33(24-8-12-28(37)13-9-24)49-34(40-36)25-10-14-29(15-11-25)48-21-5-20-44/h3-4,6-17,22,33,39,44H,5,18-21,23H2,1-2H3,(H,42,45)/t33-,36-/m0/s1. The third kappa shape index (κ3) is 8.51. The minimum atomic E-state index is -1.53. The summed E-state index contributed by atoms with van der Waals surface area (Å²) in [6.45, 7) is 0.792. The Morgan fingerprint density at radius 3 is 2.49 bits per heavy atom. The molecule has 0 saturated heterocycles. The molecule has 0 aliphatic carbocycles. The van der Waals surface area contributed by atoms with Gasteiger partial charge in [-0.05, 0) is 83.2 Å². The van der Waals surface area contributed by atoms with E-state index in [1.807, 2.05) is 66.7 Å². The molecule has 13 heteroatoms. The van der Waals surface area contributed by atoms with Gasteiger partial charge in [0.05, 0.1) is 20.8 Å². The maximum absolute atomic E-state index is 14.5. The lowest BCUT2D eigenvalue weighted by Gasteiger charge is -2.31. The average Bonchev–Trinajstić information content (AvgIpc) is 3.52. The predicted octanol–water partition coefficient (Wildman–Crippen LogP) is 6.53. The first-order valence-corrected chi connectivity index (χ1v) is 16.4. The Morgan fingerprint density at radius 2 is 1.78 bits per heavy atom. The van der Waals surface area contributed by atoms with Gasteiger partial charge in [0.15, 0.2) is 11.6 Å². The molecule has 1 heterocycles. The third-order valence-electron chi connectivity index (χ3n) is 8.02. The van der Waals surface area contributed by atoms with E-state index < -0.39 is 17.6 Å². The zero-order chi connectivity index (χ0) is 34.6. The van der Waals surface area contributed by atoms with Crippen LogP contribution in [0.4, 0.5) is 5.69 Å². The van der Waals surface area contributed by atoms with Gasteiger partial charge in [-0.25, -0.2) is 10.4 Å². The van der Waals surface area contributed by atoms with Crippen molar-refractivity contribution in [3.05, 3.63) is 128 Å². The van der Waals surface area contributed by atoms with Crippen LogP contribution in [0.15, 0.2) is 106 Å². The first-order valence-electron chi connectivity index (χ1n) is 15.6. The summed E-state index contributed by atoms with van der Waals surface area (Å²) in [6, 6.07) is 27.4. The number of aliphatic hydroxyl groups excluding tert-OH is 1. The van der Waals surface area contributed by atoms with Gasteiger partial charge >= 0.3 is 0 Å². The molecule has 3 N–H and O–H groups in total. The second kappa shape index (κ2) is 16.8. The van der Waals surface area contributed by atoms with Gasteiger partial charge in [0.25, 0.3) is 5.91 Å². The van der Waals surface area contributed by atoms with E-state index in [0.29, 0.717) is 60.1 Å². The summed E-state index contributed by atoms with van der Waals surface area (Å²) < 4.78 is 24.0. The van der Waals surface area contributed by atoms with Crippen LogP contribution in [0.1, 0.15) is 34.8 Å². The van der Waals surface area contributed by atoms with Crippen LogP contribution in [0.3, 0.4) is 0 Å². The molecule has 0 spiro atoms. The number of aliphatic imine (C=N–C) groups is 1. The molecular weight excluding hydrogens is 692 g/mol. The molecule has 1 aliphatic heterocycles. The van der Waals surface area contributed by atoms with Crippen LogP contribution in [-0.4, -0.2) is 56.4 Å². The van der Waals surface area contributed by atoms with Gasteiger partial charge in [-0.1, -0.05) is 57.4 Å². The molecule has 12 nitrogen and oxygen atoms in total. The molecule has 0 radical (unpaired) electrons. The van der Waals surface area contributed by atoms with Crippen molar-refractivity contribution in [1.82, 2.24) is 10.9 Å². The van der Waals surface area contributed by atoms with Crippen molar-refractivity contribution >= 4 is 33.4 Å². The molecular formula is C36H37BrN6O6. The lowest BCUT2D eigenvalue weighted by molar-refractivity contribution is -0.130. The quantitative estimate of drug-likeness (QED) is 0.0389. The molecule has 4 aromatic carbocycles. The number of halogens is 1. The van der Waals surface area contributed by atoms with Gasteiger partial charge < -0.3 is 24.1 Å². The van der Waals surface area contributed by atoms with Crippen molar-refractivity contribution in [2.75, 3.05) is 34.0 Å². The fourth-order valence-electron chi connectivity index (χ4n) is 5.54. The Balaban J connectivity index is 1.51. The molecule has 2 atom stereocenters. The second-order valence-corrected chi connectivity index (χ2v) is 12.1. The fourth-order valence-corrected chi connectivity index (χ4v) is 5.81. The highest BCUT2D eigenvalue weighted by Crippen LogP contribution is 2.44. The minimum Gasteiger partial charge on any atom is -0.497 e. The number of methoxy groups -OCH3 is 2. The van der Waals surface area contributed by atoms with E-state index in [2.05, 4.69) is 36.8 Å². The maximum atomic E-state index is 14.5. The van der Waals surface area contributed by atoms with Crippen LogP contribution < -0.4 is 25.1 Å². The maximum Gasteiger partial charge on any atom is 0.266 e. The number of hydrazine groups is 1. The lowest BCUT2D eigenvalue weighted by atomic mass is 9.81. The number of carbonyl (C=O) groups is 1. The number of aliphatic hydroxyl groups is 1. The number of amides is 1. The van der Waals surface area contributed by atoms with Crippen molar-refractivity contribution in [2.24, 2.45) is 10.1 Å². The summed E-state index contributed by atoms with van der Waals surface area (Å²) in [5.41, 5.74) is 17.0. The molecule has 49 heavy (non-hydrogen) atoms. The van der Waals surface area contributed by atoms with Crippen LogP contribution in [0.2, 0.25) is 0 Å². The third-order valence-corrected chi connectivity index (χ3v) is 8.54. The summed E-state index contributed by atoms with van der Waals surface area (Å²) in [7, 11) is 3.21. The van der Waals surface area contributed by atoms with E-state index in [1.54, 1.807) is 38.5 Å². The Morgan fingerprint density at radius 1 is 1.02 bits per heavy atom. The molecule has 5 rings (SSSR count). The Kier molecular flexibility index (Phi) is 12.1. The van der Waals surface area contributed by atoms with Crippen LogP contribution >= 0.6 is 15.9 Å². The normalized spacial score (nSPS) is 16.6. The smallest absolute Gasteiger partial charge is 0.266 e. The number of nitrogens with zero attached hydrogens (tertiary/aromatic N) is 4. The number of carbonyl (C=O) groups excluding carboxylic acids is 1. The number of benzene rings is 4. The monoisotopic (exact) mass is 728 g/mol. The van der Waals surface area contributed by atoms with Gasteiger partial charge in [0.2, 0.25) is 5.90 Å². The lowest BCUT2D eigenvalue weighted by Crippen LogP contribution is -2.54. The van der Waals surface area contributed by atoms with E-state index in [-0.39, 0.29) is 18.9 Å². The second-order valence-electron chi connectivity index (χ2n) is 11.1. The number of rotatable bonds is 16. The summed E-state index contributed by atoms with van der Waals surface area (Å²) in [5, 5.41) is 13.0. The van der Waals surface area contributed by atoms with Gasteiger partial charge in [-0.15, -0.1) is 0 Å². The average molecular weight is 730 g/mol. The Hall–Kier alpha value is -5.07. The van der Waals surface area contributed by atoms with Crippen molar-refractivity contribution in [3.8, 4) is 17.2 Å². The van der Waals surface area contributed by atoms with E-state index >= 15 is 0 Å². The zero-order valence-electron chi connectivity index (χ0n) is 27.1. The topological polar surface area (TPSA) is 159 Å². The van der Waals surface area contributed by atoms with Crippen molar-refractivity contribution in [1.29, 1.82) is 0 Å². The Bertz CT molecular complexity index is 1810. The van der Waals surface area contributed by atoms with E-state index in [9.17, 15) is 10.3 Å². The molecule has 0 unspecified atom stereocenters. The number of nitrogens with one attached hydrogen (secondary N) is 2. The Labute approximate surface area is 292 Å². The fraction of sp³-hybridized carbons (Fsp3) is 0.278. The largest absolute Gasteiger partial charge is 0.497 e. The number of azide groups is 1. The van der Waals surface area contributed by atoms with Crippen molar-refractivity contribution < 1.29 is 28.8 Å². The number of hydrogen-bond donors (Lipinski definition) is 3. The van der Waals surface area contributed by atoms with Gasteiger partial charge in [-0.3, -0.25) is 10.2 Å². The first kappa shape index (κ1) is 35.2. The van der Waals surface area contributed by atoms with Crippen LogP contribution in [0.25, 0.3) is 10.4 Å². The van der Waals surface area contributed by atoms with Crippen LogP contribution in [0.5, 0.6) is 17.2 Å². The number of ether oxygens (including phenoxy) is 4. The molecule has 4 aromatic rings. The molecule has 0 saturated carbocycles. The summed E-state index contributed by atoms with van der Waals surface area (Å²) in [5.74, 6) is 1.87. The molecule has 254 valence electrons. The molecule has 1 aliphatic rings. The first-order chi connectivity index (χ1) is 23.9. The SMILES string of the molecule is COc1ccc(OC)c(CCNNC(=O)[C@@]2(Cc3ccccc3N=[N+]=[N-])N=C(c3ccc(OCCCO)cc3)O[C@H]2c2ccc(Br)cc2)c1. The highest BCUT2D eigenvalue weighted by Gasteiger charge is 2.53. The minimum absolute atomic E-state index is 0.0389. The van der Waals surface area contributed by atoms with E-state index in [0.717, 1.165) is 15.6 Å². The van der Waals surface area contributed by atoms with E-state index in [4.69, 9.17) is 29.0 Å². The summed E-state index contributed by atoms with van der Waals surface area (Å²) in [4.78, 5) is 22.6. The molecule has 0 fully saturated rings. The molecule has 0 bridgehead atoms. The van der Waals surface area contributed by atoms with Crippen LogP contribution in [0, 0.1) is 0 Å². The van der Waals surface area contributed by atoms with Crippen LogP contribution in [-0.2, 0) is 22.4 Å². The summed E-state index contributed by atoms with van der Waals surface area (Å²) >= 11 is 3.50. The highest BCUT2D eigenvalue weighted by atomic mass is 79.9. The van der Waals surface area contributed by atoms with Gasteiger partial charge in [0, 0.05) is 46.6 Å². The van der Waals surface area contributed by atoms with Crippen molar-refractivity contribution in [2.45, 2.75) is 30.9 Å².